The molecule has 1 aliphatic heterocycles. The molecule has 0 atom stereocenters. The number of likely N-dealkylation sites (tertiary alicyclic amines) is 1. The third kappa shape index (κ3) is 5.06. The number of nitrogens with one attached hydrogen (secondary N) is 2. The molecule has 6 rings (SSSR count). The number of aromatic amines is 1. The van der Waals surface area contributed by atoms with Crippen LogP contribution >= 0.6 is 11.3 Å². The van der Waals surface area contributed by atoms with Crippen molar-refractivity contribution in [2.75, 3.05) is 24.1 Å². The van der Waals surface area contributed by atoms with Crippen molar-refractivity contribution < 1.29 is 9.53 Å². The Labute approximate surface area is 226 Å². The Hall–Kier alpha value is -2.89. The molecule has 0 aromatic carbocycles. The molecule has 2 fully saturated rings. The molecule has 202 valence electrons. The first-order chi connectivity index (χ1) is 18.4. The fourth-order valence-corrected chi connectivity index (χ4v) is 6.99. The lowest BCUT2D eigenvalue weighted by Crippen LogP contribution is -2.44. The molecule has 38 heavy (non-hydrogen) atoms. The molecule has 10 nitrogen and oxygen atoms in total. The molecular weight excluding hydrogens is 500 g/mol. The Morgan fingerprint density at radius 3 is 2.76 bits per heavy atom. The topological polar surface area (TPSA) is 135 Å². The van der Waals surface area contributed by atoms with E-state index in [0.29, 0.717) is 35.2 Å². The number of anilines is 2. The first kappa shape index (κ1) is 25.4. The highest BCUT2D eigenvalue weighted by molar-refractivity contribution is 7.14. The smallest absolute Gasteiger partial charge is 0.275 e. The second-order valence-corrected chi connectivity index (χ2v) is 12.3. The second-order valence-electron chi connectivity index (χ2n) is 11.4. The summed E-state index contributed by atoms with van der Waals surface area (Å²) in [6.07, 6.45) is 11.7. The Morgan fingerprint density at radius 1 is 1.18 bits per heavy atom. The number of carbonyl (C=O) groups is 1. The van der Waals surface area contributed by atoms with Gasteiger partial charge in [-0.2, -0.15) is 5.10 Å². The summed E-state index contributed by atoms with van der Waals surface area (Å²) in [4.78, 5) is 29.1. The van der Waals surface area contributed by atoms with E-state index in [1.54, 1.807) is 6.20 Å². The molecule has 3 aromatic heterocycles. The van der Waals surface area contributed by atoms with E-state index in [-0.39, 0.29) is 23.4 Å². The van der Waals surface area contributed by atoms with Gasteiger partial charge in [-0.05, 0) is 43.1 Å². The number of amides is 1. The molecule has 0 spiro atoms. The van der Waals surface area contributed by atoms with Gasteiger partial charge in [-0.15, -0.1) is 11.3 Å². The van der Waals surface area contributed by atoms with E-state index in [1.165, 1.54) is 43.4 Å². The van der Waals surface area contributed by atoms with Crippen LogP contribution in [-0.2, 0) is 23.2 Å². The molecule has 11 heteroatoms. The van der Waals surface area contributed by atoms with Gasteiger partial charge in [0.15, 0.2) is 5.13 Å². The molecule has 1 saturated carbocycles. The maximum atomic E-state index is 13.3. The highest BCUT2D eigenvalue weighted by Gasteiger charge is 2.38. The average Bonchev–Trinajstić information content (AvgIpc) is 3.57. The average molecular weight is 537 g/mol. The molecule has 0 radical (unpaired) electrons. The number of nitrogen functional groups attached to an aromatic ring is 1. The third-order valence-electron chi connectivity index (χ3n) is 8.22. The Bertz CT molecular complexity index is 1300. The third-order valence-corrected chi connectivity index (χ3v) is 9.02. The van der Waals surface area contributed by atoms with Gasteiger partial charge in [0.05, 0.1) is 24.1 Å². The molecule has 4 heterocycles. The molecule has 0 bridgehead atoms. The quantitative estimate of drug-likeness (QED) is 0.424. The summed E-state index contributed by atoms with van der Waals surface area (Å²) in [5.41, 5.74) is 9.90. The van der Waals surface area contributed by atoms with Crippen LogP contribution in [-0.4, -0.2) is 61.2 Å². The molecule has 2 aliphatic carbocycles. The minimum absolute atomic E-state index is 0.190. The summed E-state index contributed by atoms with van der Waals surface area (Å²) in [7, 11) is 0. The van der Waals surface area contributed by atoms with Crippen molar-refractivity contribution in [1.29, 1.82) is 0 Å². The van der Waals surface area contributed by atoms with Gasteiger partial charge in [-0.3, -0.25) is 15.2 Å². The largest absolute Gasteiger partial charge is 0.372 e. The van der Waals surface area contributed by atoms with E-state index in [0.717, 1.165) is 48.8 Å². The molecule has 1 amide bonds. The van der Waals surface area contributed by atoms with Crippen LogP contribution in [0.5, 0.6) is 0 Å². The number of hydrogen-bond donors (Lipinski definition) is 3. The lowest BCUT2D eigenvalue weighted by atomic mass is 9.73. The van der Waals surface area contributed by atoms with Gasteiger partial charge in [-0.25, -0.2) is 15.0 Å². The number of thiazole rings is 1. The Balaban J connectivity index is 1.06. The Kier molecular flexibility index (Phi) is 6.92. The maximum absolute atomic E-state index is 13.3. The Morgan fingerprint density at radius 2 is 1.97 bits per heavy atom. The zero-order valence-corrected chi connectivity index (χ0v) is 22.9. The standard InChI is InChI=1S/C27H36N8O2S/c1-27(2)12-16-13-29-25(28)31-21(16)22-20(27)23(34-33-22)24(36)32-26-30-17(15-38-26)14-37-19-8-10-35(11-9-19)18-6-4-3-5-7-18/h13,15,18-19H,3-12,14H2,1-2H3,(H,33,34)(H2,28,29,31)(H,30,32,36). The predicted octanol–water partition coefficient (Wildman–Crippen LogP) is 4.31. The number of fused-ring (bicyclic) bond motifs is 3. The minimum atomic E-state index is -0.323. The van der Waals surface area contributed by atoms with E-state index < -0.39 is 0 Å². The highest BCUT2D eigenvalue weighted by atomic mass is 32.1. The van der Waals surface area contributed by atoms with Crippen molar-refractivity contribution in [2.24, 2.45) is 0 Å². The summed E-state index contributed by atoms with van der Waals surface area (Å²) in [5, 5.41) is 12.8. The fraction of sp³-hybridized carbons (Fsp3) is 0.593. The van der Waals surface area contributed by atoms with E-state index >= 15 is 0 Å². The van der Waals surface area contributed by atoms with Crippen LogP contribution in [0.15, 0.2) is 11.6 Å². The molecule has 3 aliphatic rings. The molecule has 0 unspecified atom stereocenters. The lowest BCUT2D eigenvalue weighted by Gasteiger charge is -2.39. The number of nitrogens with two attached hydrogens (primary N) is 1. The first-order valence-electron chi connectivity index (χ1n) is 13.7. The second kappa shape index (κ2) is 10.3. The van der Waals surface area contributed by atoms with Crippen molar-refractivity contribution in [3.8, 4) is 11.4 Å². The number of carbonyl (C=O) groups excluding carboxylic acids is 1. The van der Waals surface area contributed by atoms with Crippen LogP contribution in [0.2, 0.25) is 0 Å². The monoisotopic (exact) mass is 536 g/mol. The van der Waals surface area contributed by atoms with Crippen LogP contribution in [0.25, 0.3) is 11.4 Å². The van der Waals surface area contributed by atoms with E-state index in [4.69, 9.17) is 10.5 Å². The van der Waals surface area contributed by atoms with Crippen LogP contribution < -0.4 is 11.1 Å². The zero-order valence-electron chi connectivity index (χ0n) is 22.1. The molecule has 4 N–H and O–H groups in total. The van der Waals surface area contributed by atoms with E-state index in [9.17, 15) is 4.79 Å². The number of H-pyrrole nitrogens is 1. The van der Waals surface area contributed by atoms with Gasteiger partial charge in [0.2, 0.25) is 5.95 Å². The van der Waals surface area contributed by atoms with Crippen LogP contribution in [0.3, 0.4) is 0 Å². The van der Waals surface area contributed by atoms with Crippen LogP contribution in [0.4, 0.5) is 11.1 Å². The van der Waals surface area contributed by atoms with E-state index in [1.807, 2.05) is 5.38 Å². The predicted molar refractivity (Wildman–Crippen MR) is 147 cm³/mol. The molecular formula is C27H36N8O2S. The lowest BCUT2D eigenvalue weighted by molar-refractivity contribution is -0.0154. The minimum Gasteiger partial charge on any atom is -0.372 e. The maximum Gasteiger partial charge on any atom is 0.275 e. The van der Waals surface area contributed by atoms with Gasteiger partial charge in [0, 0.05) is 36.3 Å². The van der Waals surface area contributed by atoms with Gasteiger partial charge in [-0.1, -0.05) is 33.1 Å². The van der Waals surface area contributed by atoms with Gasteiger partial charge in [0.1, 0.15) is 11.4 Å². The summed E-state index contributed by atoms with van der Waals surface area (Å²) in [5.74, 6) is -0.0788. The number of hydrogen-bond acceptors (Lipinski definition) is 9. The van der Waals surface area contributed by atoms with Crippen molar-refractivity contribution in [1.82, 2.24) is 30.0 Å². The van der Waals surface area contributed by atoms with Gasteiger partial charge < -0.3 is 15.4 Å². The summed E-state index contributed by atoms with van der Waals surface area (Å²) < 4.78 is 6.21. The number of rotatable bonds is 6. The van der Waals surface area contributed by atoms with Crippen molar-refractivity contribution in [3.63, 3.8) is 0 Å². The zero-order chi connectivity index (χ0) is 26.3. The fourth-order valence-electron chi connectivity index (χ4n) is 6.30. The first-order valence-corrected chi connectivity index (χ1v) is 14.6. The summed E-state index contributed by atoms with van der Waals surface area (Å²) in [6.45, 7) is 6.90. The number of piperidine rings is 1. The summed E-state index contributed by atoms with van der Waals surface area (Å²) in [6, 6.07) is 0.779. The van der Waals surface area contributed by atoms with Gasteiger partial charge >= 0.3 is 0 Å². The van der Waals surface area contributed by atoms with Crippen molar-refractivity contribution >= 4 is 28.3 Å². The van der Waals surface area contributed by atoms with Crippen LogP contribution in [0.1, 0.15) is 86.1 Å². The highest BCUT2D eigenvalue weighted by Crippen LogP contribution is 2.42. The SMILES string of the molecule is CC1(C)Cc2cnc(N)nc2-c2n[nH]c(C(=O)Nc3nc(COC4CCN(C5CCCCC5)CC4)cs3)c21. The van der Waals surface area contributed by atoms with Gasteiger partial charge in [0.25, 0.3) is 5.91 Å². The number of nitrogens with zero attached hydrogens (tertiary/aromatic N) is 5. The molecule has 1 saturated heterocycles. The van der Waals surface area contributed by atoms with Crippen LogP contribution in [0, 0.1) is 0 Å². The number of ether oxygens (including phenoxy) is 1. The van der Waals surface area contributed by atoms with Crippen molar-refractivity contribution in [2.45, 2.75) is 89.4 Å². The van der Waals surface area contributed by atoms with E-state index in [2.05, 4.69) is 49.2 Å². The van der Waals surface area contributed by atoms with Crippen molar-refractivity contribution in [3.05, 3.63) is 34.1 Å². The normalized spacial score (nSPS) is 20.2. The molecule has 3 aromatic rings. The number of aromatic nitrogens is 5. The summed E-state index contributed by atoms with van der Waals surface area (Å²) >= 11 is 1.41.